The fourth-order valence-electron chi connectivity index (χ4n) is 3.13. The number of carboxylic acid groups (broad SMARTS) is 1. The number of hydrogen-bond donors (Lipinski definition) is 3. The summed E-state index contributed by atoms with van der Waals surface area (Å²) in [6, 6.07) is 2.91. The number of aromatic nitrogens is 2. The molecule has 14 heteroatoms. The quantitative estimate of drug-likeness (QED) is 0.316. The first-order chi connectivity index (χ1) is 14.3. The van der Waals surface area contributed by atoms with Crippen molar-refractivity contribution in [3.63, 3.8) is 0 Å². The second kappa shape index (κ2) is 9.79. The smallest absolute Gasteiger partial charge is 1.00 e. The number of thiophene rings is 1. The first-order valence-corrected chi connectivity index (χ1v) is 11.4. The number of rotatable bonds is 6. The Morgan fingerprint density at radius 1 is 1.35 bits per heavy atom. The molecule has 31 heavy (non-hydrogen) atoms. The molecule has 2 atom stereocenters. The Morgan fingerprint density at radius 3 is 2.77 bits per heavy atom. The molecule has 4 rings (SSSR count). The molecule has 2 aromatic rings. The van der Waals surface area contributed by atoms with E-state index in [1.165, 1.54) is 34.9 Å². The molecule has 0 radical (unpaired) electrons. The molecule has 1 fully saturated rings. The predicted molar refractivity (Wildman–Crippen MR) is 113 cm³/mol. The van der Waals surface area contributed by atoms with Crippen LogP contribution in [0, 0.1) is 0 Å². The SMILES string of the molecule is CC(=O)Nc1nnc(C2=C(C(=O)O)N3C(=O)C(NC(=O)Cc4cccs4)[C@H]3SC2)s1.[H-].[Na+]. The van der Waals surface area contributed by atoms with Crippen LogP contribution in [0.25, 0.3) is 5.57 Å². The van der Waals surface area contributed by atoms with Crippen molar-refractivity contribution in [2.24, 2.45) is 0 Å². The Bertz CT molecular complexity index is 1080. The number of nitrogens with one attached hydrogen (secondary N) is 2. The van der Waals surface area contributed by atoms with Gasteiger partial charge < -0.3 is 17.2 Å². The summed E-state index contributed by atoms with van der Waals surface area (Å²) in [6.45, 7) is 1.33. The molecule has 2 aliphatic rings. The van der Waals surface area contributed by atoms with Crippen molar-refractivity contribution >= 4 is 68.8 Å². The van der Waals surface area contributed by atoms with E-state index in [0.29, 0.717) is 10.6 Å². The molecule has 0 bridgehead atoms. The third-order valence-corrected chi connectivity index (χ3v) is 7.42. The van der Waals surface area contributed by atoms with Crippen molar-refractivity contribution in [1.29, 1.82) is 0 Å². The van der Waals surface area contributed by atoms with Crippen LogP contribution in [0.2, 0.25) is 0 Å². The molecular formula is C17H16N5NaO5S3. The molecule has 0 spiro atoms. The van der Waals surface area contributed by atoms with E-state index >= 15 is 0 Å². The van der Waals surface area contributed by atoms with E-state index in [-0.39, 0.29) is 65.8 Å². The number of hydrogen-bond acceptors (Lipinski definition) is 9. The second-order valence-electron chi connectivity index (χ2n) is 6.44. The zero-order chi connectivity index (χ0) is 21.4. The Labute approximate surface area is 212 Å². The summed E-state index contributed by atoms with van der Waals surface area (Å²) in [5.74, 6) is -2.06. The molecule has 2 aliphatic heterocycles. The van der Waals surface area contributed by atoms with E-state index < -0.39 is 23.3 Å². The third kappa shape index (κ3) is 4.86. The largest absolute Gasteiger partial charge is 1.00 e. The van der Waals surface area contributed by atoms with Crippen LogP contribution in [0.3, 0.4) is 0 Å². The number of β-lactam (4-membered cyclic amide) rings is 1. The minimum absolute atomic E-state index is 0. The van der Waals surface area contributed by atoms with Gasteiger partial charge in [-0.15, -0.1) is 33.3 Å². The summed E-state index contributed by atoms with van der Waals surface area (Å²) in [5.41, 5.74) is 0.188. The Morgan fingerprint density at radius 2 is 2.13 bits per heavy atom. The van der Waals surface area contributed by atoms with Crippen molar-refractivity contribution in [3.05, 3.63) is 33.1 Å². The van der Waals surface area contributed by atoms with Crippen molar-refractivity contribution < 1.29 is 55.3 Å². The molecule has 158 valence electrons. The second-order valence-corrected chi connectivity index (χ2v) is 9.55. The Hall–Kier alpha value is -1.77. The fourth-order valence-corrected chi connectivity index (χ4v) is 6.10. The van der Waals surface area contributed by atoms with Crippen molar-refractivity contribution in [1.82, 2.24) is 20.4 Å². The normalized spacial score (nSPS) is 19.8. The molecule has 1 unspecified atom stereocenters. The maximum Gasteiger partial charge on any atom is 1.00 e. The summed E-state index contributed by atoms with van der Waals surface area (Å²) >= 11 is 3.83. The van der Waals surface area contributed by atoms with Gasteiger partial charge in [0, 0.05) is 23.1 Å². The van der Waals surface area contributed by atoms with Crippen LogP contribution in [0.1, 0.15) is 18.2 Å². The first kappa shape index (κ1) is 23.9. The summed E-state index contributed by atoms with van der Waals surface area (Å²) in [6.07, 6.45) is 0.169. The van der Waals surface area contributed by atoms with Crippen LogP contribution in [-0.4, -0.2) is 61.1 Å². The number of carbonyl (C=O) groups is 4. The van der Waals surface area contributed by atoms with Crippen LogP contribution < -0.4 is 40.2 Å². The topological polar surface area (TPSA) is 142 Å². The maximum absolute atomic E-state index is 12.7. The monoisotopic (exact) mass is 489 g/mol. The molecule has 0 saturated carbocycles. The number of nitrogens with zero attached hydrogens (tertiary/aromatic N) is 3. The number of anilines is 1. The van der Waals surface area contributed by atoms with Gasteiger partial charge in [-0.05, 0) is 11.4 Å². The standard InChI is InChI=1S/C17H15N5O5S3.Na.H/c1-7(23)18-17-21-20-13(30-17)9-6-29-15-11(14(25)22(15)12(9)16(26)27)19-10(24)5-8-3-2-4-28-8;;/h2-4,11,15H,5-6H2,1H3,(H,19,24)(H,26,27)(H,18,21,23);;/q;+1;-1/t11?,15-;;/m1../s1. The van der Waals surface area contributed by atoms with Gasteiger partial charge in [-0.2, -0.15) is 0 Å². The first-order valence-electron chi connectivity index (χ1n) is 8.69. The number of carboxylic acids is 1. The van der Waals surface area contributed by atoms with Crippen molar-refractivity contribution in [2.75, 3.05) is 11.1 Å². The summed E-state index contributed by atoms with van der Waals surface area (Å²) in [5, 5.41) is 24.7. The van der Waals surface area contributed by atoms with Gasteiger partial charge in [0.1, 0.15) is 22.1 Å². The number of aliphatic carboxylic acids is 1. The van der Waals surface area contributed by atoms with E-state index in [0.717, 1.165) is 16.2 Å². The predicted octanol–water partition coefficient (Wildman–Crippen LogP) is -1.89. The number of thioether (sulfide) groups is 1. The molecular weight excluding hydrogens is 473 g/mol. The molecule has 1 saturated heterocycles. The van der Waals surface area contributed by atoms with Gasteiger partial charge >= 0.3 is 35.5 Å². The number of amides is 3. The minimum atomic E-state index is -1.26. The van der Waals surface area contributed by atoms with Gasteiger partial charge in [-0.3, -0.25) is 19.3 Å². The van der Waals surface area contributed by atoms with Crippen LogP contribution in [0.5, 0.6) is 0 Å². The van der Waals surface area contributed by atoms with E-state index in [1.807, 2.05) is 17.5 Å². The van der Waals surface area contributed by atoms with Gasteiger partial charge in [-0.25, -0.2) is 4.79 Å². The molecule has 2 aromatic heterocycles. The summed E-state index contributed by atoms with van der Waals surface area (Å²) < 4.78 is 0. The van der Waals surface area contributed by atoms with Crippen molar-refractivity contribution in [2.45, 2.75) is 24.8 Å². The van der Waals surface area contributed by atoms with Crippen molar-refractivity contribution in [3.8, 4) is 0 Å². The van der Waals surface area contributed by atoms with Gasteiger partial charge in [-0.1, -0.05) is 17.4 Å². The zero-order valence-electron chi connectivity index (χ0n) is 17.4. The number of fused-ring (bicyclic) bond motifs is 1. The molecule has 0 aliphatic carbocycles. The van der Waals surface area contributed by atoms with Gasteiger partial charge in [0.2, 0.25) is 16.9 Å². The van der Waals surface area contributed by atoms with Crippen LogP contribution in [0.15, 0.2) is 23.2 Å². The summed E-state index contributed by atoms with van der Waals surface area (Å²) in [7, 11) is 0. The Kier molecular flexibility index (Phi) is 7.55. The summed E-state index contributed by atoms with van der Waals surface area (Å²) in [4.78, 5) is 50.1. The average Bonchev–Trinajstić information content (AvgIpc) is 3.36. The van der Waals surface area contributed by atoms with Crippen LogP contribution >= 0.6 is 34.4 Å². The van der Waals surface area contributed by atoms with E-state index in [9.17, 15) is 24.3 Å². The molecule has 10 nitrogen and oxygen atoms in total. The van der Waals surface area contributed by atoms with E-state index in [1.54, 1.807) is 0 Å². The maximum atomic E-state index is 12.7. The molecule has 3 amide bonds. The van der Waals surface area contributed by atoms with E-state index in [2.05, 4.69) is 20.8 Å². The molecule has 3 N–H and O–H groups in total. The van der Waals surface area contributed by atoms with Gasteiger partial charge in [0.25, 0.3) is 5.91 Å². The zero-order valence-corrected chi connectivity index (χ0v) is 20.9. The minimum Gasteiger partial charge on any atom is -1.00 e. The van der Waals surface area contributed by atoms with Crippen LogP contribution in [-0.2, 0) is 25.6 Å². The van der Waals surface area contributed by atoms with E-state index in [4.69, 9.17) is 0 Å². The third-order valence-electron chi connectivity index (χ3n) is 4.37. The molecule has 4 heterocycles. The van der Waals surface area contributed by atoms with Crippen LogP contribution in [0.4, 0.5) is 5.13 Å². The van der Waals surface area contributed by atoms with Gasteiger partial charge in [0.15, 0.2) is 0 Å². The molecule has 0 aromatic carbocycles. The number of carbonyl (C=O) groups excluding carboxylic acids is 3. The fraction of sp³-hybridized carbons (Fsp3) is 0.294. The average molecular weight is 490 g/mol. The van der Waals surface area contributed by atoms with Gasteiger partial charge in [0.05, 0.1) is 6.42 Å². The Balaban J connectivity index is 0.00000181.